The van der Waals surface area contributed by atoms with E-state index in [1.165, 1.54) is 0 Å². The van der Waals surface area contributed by atoms with E-state index in [-0.39, 0.29) is 55.4 Å². The molecule has 0 rings (SSSR count). The minimum absolute atomic E-state index is 0. The van der Waals surface area contributed by atoms with Gasteiger partial charge in [-0.1, -0.05) is 0 Å². The molecule has 38 valence electrons. The minimum atomic E-state index is -4.61. The first-order valence-electron chi connectivity index (χ1n) is 0.894. The van der Waals surface area contributed by atoms with Crippen LogP contribution < -0.4 is 0 Å². The van der Waals surface area contributed by atoms with Crippen LogP contribution in [-0.4, -0.2) is 48.0 Å². The molecule has 0 aromatic heterocycles. The second-order valence-electron chi connectivity index (χ2n) is 0.600. The smallest absolute Gasteiger partial charge is 0.368 e. The molecule has 7 heteroatoms. The molecule has 0 saturated carbocycles. The minimum Gasteiger partial charge on any atom is -0.368 e. The van der Waals surface area contributed by atoms with Crippen LogP contribution >= 0.6 is 0 Å². The first-order chi connectivity index (χ1) is 2.00. The van der Waals surface area contributed by atoms with Crippen molar-refractivity contribution in [3.8, 4) is 0 Å². The van der Waals surface area contributed by atoms with Crippen molar-refractivity contribution in [1.29, 1.82) is 0 Å². The van der Waals surface area contributed by atoms with Gasteiger partial charge in [0, 0.05) is 55.4 Å². The Kier molecular flexibility index (Phi) is 13.7. The van der Waals surface area contributed by atoms with Crippen molar-refractivity contribution in [3.05, 3.63) is 0 Å². The van der Waals surface area contributed by atoms with Gasteiger partial charge in [-0.25, -0.2) is 0 Å². The van der Waals surface area contributed by atoms with Gasteiger partial charge in [0.2, 0.25) is 0 Å². The van der Waals surface area contributed by atoms with Crippen LogP contribution in [0.4, 0.5) is 0 Å². The zero-order valence-corrected chi connectivity index (χ0v) is 10.5. The SMILES string of the molecule is O[Si](O)(O)O.[Ga].[La]. The Morgan fingerprint density at radius 2 is 0.857 bits per heavy atom. The molecule has 0 aromatic rings. The number of rotatable bonds is 0. The van der Waals surface area contributed by atoms with Gasteiger partial charge in [-0.2, -0.15) is 0 Å². The van der Waals surface area contributed by atoms with Crippen LogP contribution in [0.3, 0.4) is 0 Å². The summed E-state index contributed by atoms with van der Waals surface area (Å²) < 4.78 is 0. The molecule has 0 amide bonds. The van der Waals surface area contributed by atoms with Crippen molar-refractivity contribution in [2.75, 3.05) is 0 Å². The molecule has 0 atom stereocenters. The molecular weight excluding hydrogens is 301 g/mol. The van der Waals surface area contributed by atoms with Crippen LogP contribution in [0.25, 0.3) is 0 Å². The maximum absolute atomic E-state index is 7.33. The van der Waals surface area contributed by atoms with Gasteiger partial charge in [0.05, 0.1) is 0 Å². The first-order valence-corrected chi connectivity index (χ1v) is 2.68. The first kappa shape index (κ1) is 16.0. The van der Waals surface area contributed by atoms with E-state index in [4.69, 9.17) is 19.2 Å². The summed E-state index contributed by atoms with van der Waals surface area (Å²) in [5.74, 6) is 0. The maximum Gasteiger partial charge on any atom is 0.668 e. The summed E-state index contributed by atoms with van der Waals surface area (Å²) in [4.78, 5) is 29.3. The van der Waals surface area contributed by atoms with Crippen molar-refractivity contribution in [2.24, 2.45) is 0 Å². The van der Waals surface area contributed by atoms with E-state index < -0.39 is 9.05 Å². The van der Waals surface area contributed by atoms with Crippen molar-refractivity contribution >= 4 is 28.8 Å². The van der Waals surface area contributed by atoms with Gasteiger partial charge in [0.15, 0.2) is 0 Å². The second-order valence-corrected chi connectivity index (χ2v) is 1.80. The van der Waals surface area contributed by atoms with Crippen LogP contribution in [0.15, 0.2) is 0 Å². The van der Waals surface area contributed by atoms with Gasteiger partial charge in [-0.3, -0.25) is 0 Å². The van der Waals surface area contributed by atoms with Gasteiger partial charge < -0.3 is 19.2 Å². The third-order valence-corrected chi connectivity index (χ3v) is 0. The van der Waals surface area contributed by atoms with Crippen molar-refractivity contribution in [3.63, 3.8) is 0 Å². The molecule has 0 unspecified atom stereocenters. The summed E-state index contributed by atoms with van der Waals surface area (Å²) in [6.07, 6.45) is 0. The molecule has 7 heavy (non-hydrogen) atoms. The monoisotopic (exact) mass is 304 g/mol. The molecule has 4 N–H and O–H groups in total. The number of hydrogen-bond acceptors (Lipinski definition) is 4. The maximum atomic E-state index is 7.33. The van der Waals surface area contributed by atoms with E-state index in [2.05, 4.69) is 0 Å². The summed E-state index contributed by atoms with van der Waals surface area (Å²) in [5.41, 5.74) is 0. The molecular formula is H4GaLaO4Si. The fourth-order valence-corrected chi connectivity index (χ4v) is 0. The zero-order chi connectivity index (χ0) is 4.50. The predicted octanol–water partition coefficient (Wildman–Crippen LogP) is -2.99. The van der Waals surface area contributed by atoms with Crippen LogP contribution in [0.1, 0.15) is 0 Å². The fraction of sp³-hybridized carbons (Fsp3) is 0. The molecule has 0 aliphatic carbocycles. The molecule has 0 fully saturated rings. The quantitative estimate of drug-likeness (QED) is 0.360. The Bertz CT molecular complexity index is 27.2. The standard InChI is InChI=1S/Ga.La.H4O4Si/c;;1-5(2,3)4/h;;1-4H. The largest absolute Gasteiger partial charge is 0.668 e. The van der Waals surface area contributed by atoms with Gasteiger partial charge >= 0.3 is 9.05 Å². The average molecular weight is 305 g/mol. The van der Waals surface area contributed by atoms with Crippen LogP contribution in [0, 0.1) is 35.6 Å². The summed E-state index contributed by atoms with van der Waals surface area (Å²) in [7, 11) is -4.61. The van der Waals surface area contributed by atoms with Crippen LogP contribution in [0.2, 0.25) is 0 Å². The summed E-state index contributed by atoms with van der Waals surface area (Å²) >= 11 is 0. The third-order valence-electron chi connectivity index (χ3n) is 0. The van der Waals surface area contributed by atoms with Crippen LogP contribution in [0.5, 0.6) is 0 Å². The number of hydrogen-bond donors (Lipinski definition) is 4. The van der Waals surface area contributed by atoms with Crippen LogP contribution in [-0.2, 0) is 0 Å². The van der Waals surface area contributed by atoms with Crippen molar-refractivity contribution in [2.45, 2.75) is 0 Å². The van der Waals surface area contributed by atoms with Gasteiger partial charge in [-0.05, 0) is 0 Å². The molecule has 0 saturated heterocycles. The second kappa shape index (κ2) is 6.01. The third kappa shape index (κ3) is 76.7. The normalized spacial score (nSPS) is 8.57. The Morgan fingerprint density at radius 3 is 0.857 bits per heavy atom. The van der Waals surface area contributed by atoms with E-state index in [9.17, 15) is 0 Å². The van der Waals surface area contributed by atoms with E-state index in [0.717, 1.165) is 0 Å². The Balaban J connectivity index is -0.0000000800. The Labute approximate surface area is 82.7 Å². The fourth-order valence-electron chi connectivity index (χ4n) is 0. The van der Waals surface area contributed by atoms with E-state index >= 15 is 0 Å². The van der Waals surface area contributed by atoms with E-state index in [1.54, 1.807) is 0 Å². The van der Waals surface area contributed by atoms with E-state index in [1.807, 2.05) is 0 Å². The molecule has 4 nitrogen and oxygen atoms in total. The molecule has 0 aliphatic rings. The van der Waals surface area contributed by atoms with Gasteiger partial charge in [0.1, 0.15) is 0 Å². The topological polar surface area (TPSA) is 80.9 Å². The molecule has 0 aromatic carbocycles. The summed E-state index contributed by atoms with van der Waals surface area (Å²) in [6.45, 7) is 0. The molecule has 0 spiro atoms. The van der Waals surface area contributed by atoms with Crippen molar-refractivity contribution < 1.29 is 54.8 Å². The molecule has 0 aliphatic heterocycles. The summed E-state index contributed by atoms with van der Waals surface area (Å²) in [5, 5.41) is 0. The van der Waals surface area contributed by atoms with Crippen molar-refractivity contribution in [1.82, 2.24) is 0 Å². The van der Waals surface area contributed by atoms with Gasteiger partial charge in [-0.15, -0.1) is 0 Å². The molecule has 4 radical (unpaired) electrons. The Morgan fingerprint density at radius 1 is 0.857 bits per heavy atom. The molecule has 0 bridgehead atoms. The predicted molar refractivity (Wildman–Crippen MR) is 20.4 cm³/mol. The van der Waals surface area contributed by atoms with Gasteiger partial charge in [0.25, 0.3) is 0 Å². The zero-order valence-electron chi connectivity index (χ0n) is 3.44. The summed E-state index contributed by atoms with van der Waals surface area (Å²) in [6, 6.07) is 0. The average Bonchev–Trinajstić information content (AvgIpc) is 0.722. The van der Waals surface area contributed by atoms with E-state index in [0.29, 0.717) is 0 Å². The molecule has 0 heterocycles. The Hall–Kier alpha value is 1.89.